The van der Waals surface area contributed by atoms with E-state index in [0.29, 0.717) is 0 Å². The van der Waals surface area contributed by atoms with Crippen LogP contribution in [0.2, 0.25) is 0 Å². The Hall–Kier alpha value is -1.69. The molecule has 19 heavy (non-hydrogen) atoms. The van der Waals surface area contributed by atoms with E-state index in [1.165, 1.54) is 0 Å². The molecule has 1 unspecified atom stereocenters. The van der Waals surface area contributed by atoms with Crippen LogP contribution >= 0.6 is 11.3 Å². The van der Waals surface area contributed by atoms with Crippen molar-refractivity contribution < 1.29 is 0 Å². The van der Waals surface area contributed by atoms with E-state index >= 15 is 0 Å². The maximum absolute atomic E-state index is 4.50. The Bertz CT molecular complexity index is 552. The maximum atomic E-state index is 4.50. The van der Waals surface area contributed by atoms with Gasteiger partial charge in [-0.2, -0.15) is 0 Å². The third kappa shape index (κ3) is 3.01. The molecule has 0 aromatic carbocycles. The van der Waals surface area contributed by atoms with Crippen molar-refractivity contribution in [2.45, 2.75) is 33.2 Å². The van der Waals surface area contributed by atoms with Gasteiger partial charge >= 0.3 is 0 Å². The van der Waals surface area contributed by atoms with Crippen molar-refractivity contribution in [2.24, 2.45) is 0 Å². The first-order chi connectivity index (χ1) is 9.15. The number of nitrogens with zero attached hydrogens (tertiary/aromatic N) is 3. The molecule has 2 heterocycles. The minimum absolute atomic E-state index is 0.142. The first-order valence-corrected chi connectivity index (χ1v) is 7.23. The van der Waals surface area contributed by atoms with Crippen molar-refractivity contribution in [3.05, 3.63) is 28.0 Å². The molecule has 2 N–H and O–H groups in total. The molecule has 0 aliphatic heterocycles. The van der Waals surface area contributed by atoms with Crippen molar-refractivity contribution in [2.75, 3.05) is 17.7 Å². The van der Waals surface area contributed by atoms with Crippen molar-refractivity contribution >= 4 is 23.0 Å². The van der Waals surface area contributed by atoms with Gasteiger partial charge < -0.3 is 10.6 Å². The predicted octanol–water partition coefficient (Wildman–Crippen LogP) is 3.02. The Kier molecular flexibility index (Phi) is 4.31. The molecule has 2 aromatic heterocycles. The van der Waals surface area contributed by atoms with E-state index in [0.717, 1.165) is 34.3 Å². The number of aromatic nitrogens is 3. The predicted molar refractivity (Wildman–Crippen MR) is 79.8 cm³/mol. The van der Waals surface area contributed by atoms with Crippen LogP contribution in [0, 0.1) is 6.92 Å². The molecule has 0 bridgehead atoms. The second kappa shape index (κ2) is 5.97. The number of rotatable bonds is 5. The van der Waals surface area contributed by atoms with E-state index in [9.17, 15) is 0 Å². The van der Waals surface area contributed by atoms with Gasteiger partial charge in [0.15, 0.2) is 0 Å². The van der Waals surface area contributed by atoms with Crippen LogP contribution in [-0.4, -0.2) is 22.0 Å². The summed E-state index contributed by atoms with van der Waals surface area (Å²) in [5.74, 6) is 1.75. The fourth-order valence-electron chi connectivity index (χ4n) is 1.92. The highest BCUT2D eigenvalue weighted by atomic mass is 32.1. The molecule has 102 valence electrons. The fraction of sp³-hybridized carbons (Fsp3) is 0.462. The molecular formula is C13H19N5S. The standard InChI is InChI=1S/C13H19N5S/c1-5-10-11(14-4)15-7-16-12(10)18-9(3)13-17-8(2)6-19-13/h6-7,9H,5H2,1-4H3,(H2,14,15,16,18). The van der Waals surface area contributed by atoms with E-state index in [1.807, 2.05) is 14.0 Å². The minimum atomic E-state index is 0.142. The maximum Gasteiger partial charge on any atom is 0.135 e. The van der Waals surface area contributed by atoms with Gasteiger partial charge in [0.1, 0.15) is 23.0 Å². The lowest BCUT2D eigenvalue weighted by Crippen LogP contribution is -2.11. The van der Waals surface area contributed by atoms with Gasteiger partial charge in [0.25, 0.3) is 0 Å². The molecule has 0 aliphatic rings. The number of aryl methyl sites for hydroxylation is 1. The summed E-state index contributed by atoms with van der Waals surface area (Å²) in [6.07, 6.45) is 2.45. The summed E-state index contributed by atoms with van der Waals surface area (Å²) in [5.41, 5.74) is 2.16. The van der Waals surface area contributed by atoms with E-state index in [2.05, 4.69) is 44.8 Å². The van der Waals surface area contributed by atoms with Gasteiger partial charge in [0.2, 0.25) is 0 Å². The quantitative estimate of drug-likeness (QED) is 0.879. The summed E-state index contributed by atoms with van der Waals surface area (Å²) in [6, 6.07) is 0.142. The minimum Gasteiger partial charge on any atom is -0.373 e. The van der Waals surface area contributed by atoms with Crippen LogP contribution in [0.4, 0.5) is 11.6 Å². The van der Waals surface area contributed by atoms with Crippen molar-refractivity contribution in [1.82, 2.24) is 15.0 Å². The van der Waals surface area contributed by atoms with E-state index in [4.69, 9.17) is 0 Å². The average Bonchev–Trinajstić information content (AvgIpc) is 2.85. The molecule has 0 spiro atoms. The Morgan fingerprint density at radius 3 is 2.63 bits per heavy atom. The molecule has 6 heteroatoms. The molecule has 0 radical (unpaired) electrons. The van der Waals surface area contributed by atoms with Gasteiger partial charge in [-0.3, -0.25) is 0 Å². The van der Waals surface area contributed by atoms with Crippen molar-refractivity contribution in [3.63, 3.8) is 0 Å². The molecular weight excluding hydrogens is 258 g/mol. The van der Waals surface area contributed by atoms with Gasteiger partial charge in [0, 0.05) is 23.7 Å². The monoisotopic (exact) mass is 277 g/mol. The number of hydrogen-bond acceptors (Lipinski definition) is 6. The lowest BCUT2D eigenvalue weighted by Gasteiger charge is -2.16. The molecule has 0 fully saturated rings. The Morgan fingerprint density at radius 2 is 2.05 bits per heavy atom. The topological polar surface area (TPSA) is 62.7 Å². The molecule has 0 saturated heterocycles. The molecule has 1 atom stereocenters. The number of anilines is 2. The highest BCUT2D eigenvalue weighted by Gasteiger charge is 2.14. The zero-order valence-electron chi connectivity index (χ0n) is 11.7. The summed E-state index contributed by atoms with van der Waals surface area (Å²) in [7, 11) is 1.87. The summed E-state index contributed by atoms with van der Waals surface area (Å²) in [5, 5.41) is 9.66. The molecule has 2 rings (SSSR count). The van der Waals surface area contributed by atoms with Crippen LogP contribution in [0.5, 0.6) is 0 Å². The molecule has 2 aromatic rings. The van der Waals surface area contributed by atoms with Crippen LogP contribution in [0.25, 0.3) is 0 Å². The second-order valence-electron chi connectivity index (χ2n) is 4.35. The first kappa shape index (κ1) is 13.7. The van der Waals surface area contributed by atoms with Crippen molar-refractivity contribution in [1.29, 1.82) is 0 Å². The van der Waals surface area contributed by atoms with Gasteiger partial charge in [0.05, 0.1) is 6.04 Å². The van der Waals surface area contributed by atoms with E-state index in [1.54, 1.807) is 17.7 Å². The lowest BCUT2D eigenvalue weighted by molar-refractivity contribution is 0.846. The fourth-order valence-corrected chi connectivity index (χ4v) is 2.73. The second-order valence-corrected chi connectivity index (χ2v) is 5.24. The lowest BCUT2D eigenvalue weighted by atomic mass is 10.2. The van der Waals surface area contributed by atoms with Crippen molar-refractivity contribution in [3.8, 4) is 0 Å². The SMILES string of the molecule is CCc1c(NC)ncnc1NC(C)c1nc(C)cs1. The van der Waals surface area contributed by atoms with E-state index in [-0.39, 0.29) is 6.04 Å². The Balaban J connectivity index is 2.23. The largest absolute Gasteiger partial charge is 0.373 e. The van der Waals surface area contributed by atoms with E-state index < -0.39 is 0 Å². The zero-order valence-corrected chi connectivity index (χ0v) is 12.5. The van der Waals surface area contributed by atoms with Crippen LogP contribution in [0.15, 0.2) is 11.7 Å². The molecule has 0 saturated carbocycles. The zero-order chi connectivity index (χ0) is 13.8. The summed E-state index contributed by atoms with van der Waals surface area (Å²) < 4.78 is 0. The molecule has 0 amide bonds. The number of nitrogens with one attached hydrogen (secondary N) is 2. The third-order valence-electron chi connectivity index (χ3n) is 2.90. The first-order valence-electron chi connectivity index (χ1n) is 6.35. The summed E-state index contributed by atoms with van der Waals surface area (Å²) in [6.45, 7) is 6.20. The highest BCUT2D eigenvalue weighted by Crippen LogP contribution is 2.26. The van der Waals surface area contributed by atoms with Gasteiger partial charge in [-0.15, -0.1) is 11.3 Å². The van der Waals surface area contributed by atoms with Crippen LogP contribution in [0.1, 0.15) is 36.2 Å². The van der Waals surface area contributed by atoms with Crippen LogP contribution in [-0.2, 0) is 6.42 Å². The summed E-state index contributed by atoms with van der Waals surface area (Å²) >= 11 is 1.67. The third-order valence-corrected chi connectivity index (χ3v) is 4.04. The van der Waals surface area contributed by atoms with Gasteiger partial charge in [-0.05, 0) is 20.3 Å². The molecule has 5 nitrogen and oxygen atoms in total. The van der Waals surface area contributed by atoms with Crippen LogP contribution in [0.3, 0.4) is 0 Å². The highest BCUT2D eigenvalue weighted by molar-refractivity contribution is 7.09. The molecule has 0 aliphatic carbocycles. The Labute approximate surface area is 117 Å². The van der Waals surface area contributed by atoms with Gasteiger partial charge in [-0.1, -0.05) is 6.92 Å². The number of thiazole rings is 1. The smallest absolute Gasteiger partial charge is 0.135 e. The van der Waals surface area contributed by atoms with Gasteiger partial charge in [-0.25, -0.2) is 15.0 Å². The normalized spacial score (nSPS) is 12.2. The van der Waals surface area contributed by atoms with Crippen LogP contribution < -0.4 is 10.6 Å². The Morgan fingerprint density at radius 1 is 1.32 bits per heavy atom. The average molecular weight is 277 g/mol. The number of hydrogen-bond donors (Lipinski definition) is 2. The summed E-state index contributed by atoms with van der Waals surface area (Å²) in [4.78, 5) is 13.1.